The number of fused-ring (bicyclic) bond motifs is 1. The van der Waals surface area contributed by atoms with Crippen LogP contribution in [0, 0.1) is 0 Å². The second-order valence-electron chi connectivity index (χ2n) is 6.50. The third-order valence-corrected chi connectivity index (χ3v) is 6.48. The van der Waals surface area contributed by atoms with Gasteiger partial charge in [0.1, 0.15) is 6.54 Å². The first kappa shape index (κ1) is 21.6. The van der Waals surface area contributed by atoms with Gasteiger partial charge in [-0.1, -0.05) is 23.5 Å². The van der Waals surface area contributed by atoms with Crippen molar-refractivity contribution in [2.45, 2.75) is 18.4 Å². The smallest absolute Gasteiger partial charge is 0.325 e. The number of carbonyl (C=O) groups excluding carboxylic acids is 3. The molecule has 0 saturated carbocycles. The Bertz CT molecular complexity index is 1330. The van der Waals surface area contributed by atoms with E-state index in [0.29, 0.717) is 15.8 Å². The van der Waals surface area contributed by atoms with Crippen molar-refractivity contribution in [2.75, 3.05) is 13.4 Å². The van der Waals surface area contributed by atoms with Gasteiger partial charge in [0.2, 0.25) is 0 Å². The van der Waals surface area contributed by atoms with E-state index in [4.69, 9.17) is 4.74 Å². The Morgan fingerprint density at radius 3 is 2.27 bits per heavy atom. The number of nitrogens with zero attached hydrogens (tertiary/aromatic N) is 2. The van der Waals surface area contributed by atoms with Gasteiger partial charge in [-0.2, -0.15) is 4.99 Å². The number of Topliss-reactive ketones (excluding diaryl/α,β-unsaturated/α-hetero) is 1. The molecule has 0 saturated heterocycles. The number of sulfone groups is 1. The number of rotatable bonds is 5. The molecule has 0 aliphatic carbocycles. The van der Waals surface area contributed by atoms with E-state index >= 15 is 0 Å². The third-order valence-electron chi connectivity index (χ3n) is 4.33. The van der Waals surface area contributed by atoms with Gasteiger partial charge >= 0.3 is 5.97 Å². The third kappa shape index (κ3) is 4.55. The zero-order valence-electron chi connectivity index (χ0n) is 16.4. The van der Waals surface area contributed by atoms with Crippen LogP contribution in [-0.4, -0.2) is 44.0 Å². The molecule has 0 fully saturated rings. The maximum absolute atomic E-state index is 12.6. The molecule has 0 radical (unpaired) electrons. The molecule has 8 nitrogen and oxygen atoms in total. The van der Waals surface area contributed by atoms with Crippen LogP contribution in [0.1, 0.15) is 27.6 Å². The highest BCUT2D eigenvalue weighted by Gasteiger charge is 2.15. The second-order valence-corrected chi connectivity index (χ2v) is 9.52. The summed E-state index contributed by atoms with van der Waals surface area (Å²) in [5.41, 5.74) is 1.30. The number of hydrogen-bond donors (Lipinski definition) is 0. The van der Waals surface area contributed by atoms with E-state index in [9.17, 15) is 22.8 Å². The summed E-state index contributed by atoms with van der Waals surface area (Å²) < 4.78 is 30.5. The van der Waals surface area contributed by atoms with Crippen LogP contribution in [0.5, 0.6) is 0 Å². The molecule has 0 aliphatic heterocycles. The Hall–Kier alpha value is -3.11. The molecule has 0 spiro atoms. The topological polar surface area (TPSA) is 112 Å². The second kappa shape index (κ2) is 8.33. The number of thiazole rings is 1. The highest BCUT2D eigenvalue weighted by atomic mass is 32.2. The van der Waals surface area contributed by atoms with E-state index in [1.54, 1.807) is 6.07 Å². The van der Waals surface area contributed by atoms with Gasteiger partial charge in [0.15, 0.2) is 20.4 Å². The van der Waals surface area contributed by atoms with Crippen LogP contribution in [0.25, 0.3) is 10.2 Å². The fourth-order valence-corrected chi connectivity index (χ4v) is 4.50. The van der Waals surface area contributed by atoms with Crippen LogP contribution in [0.2, 0.25) is 0 Å². The van der Waals surface area contributed by atoms with Crippen LogP contribution in [-0.2, 0) is 25.9 Å². The lowest BCUT2D eigenvalue weighted by Gasteiger charge is -2.04. The normalized spacial score (nSPS) is 12.2. The van der Waals surface area contributed by atoms with Gasteiger partial charge in [-0.25, -0.2) is 8.42 Å². The van der Waals surface area contributed by atoms with Crippen LogP contribution in [0.15, 0.2) is 52.4 Å². The van der Waals surface area contributed by atoms with Gasteiger partial charge in [0.05, 0.1) is 22.2 Å². The average molecular weight is 447 g/mol. The molecular formula is C20H18N2O6S2. The predicted octanol–water partition coefficient (Wildman–Crippen LogP) is 2.22. The van der Waals surface area contributed by atoms with Crippen LogP contribution in [0.4, 0.5) is 0 Å². The van der Waals surface area contributed by atoms with Crippen molar-refractivity contribution in [3.63, 3.8) is 0 Å². The number of methoxy groups -OCH3 is 1. The van der Waals surface area contributed by atoms with Crippen molar-refractivity contribution in [1.82, 2.24) is 4.57 Å². The highest BCUT2D eigenvalue weighted by Crippen LogP contribution is 2.22. The van der Waals surface area contributed by atoms with E-state index < -0.39 is 21.7 Å². The molecule has 3 aromatic rings. The molecule has 30 heavy (non-hydrogen) atoms. The Labute approximate surface area is 176 Å². The monoisotopic (exact) mass is 446 g/mol. The van der Waals surface area contributed by atoms with E-state index in [1.807, 2.05) is 0 Å². The lowest BCUT2D eigenvalue weighted by Crippen LogP contribution is -2.22. The minimum Gasteiger partial charge on any atom is -0.468 e. The minimum absolute atomic E-state index is 0.118. The van der Waals surface area contributed by atoms with Crippen molar-refractivity contribution in [3.05, 3.63) is 58.4 Å². The molecule has 0 unspecified atom stereocenters. The van der Waals surface area contributed by atoms with Gasteiger partial charge < -0.3 is 9.30 Å². The Balaban J connectivity index is 2.14. The zero-order chi connectivity index (χ0) is 22.1. The Morgan fingerprint density at radius 2 is 1.70 bits per heavy atom. The number of benzene rings is 2. The lowest BCUT2D eigenvalue weighted by atomic mass is 10.1. The summed E-state index contributed by atoms with van der Waals surface area (Å²) in [5, 5.41) is 0. The molecule has 0 atom stereocenters. The van der Waals surface area contributed by atoms with Gasteiger partial charge in [0.25, 0.3) is 5.91 Å². The van der Waals surface area contributed by atoms with Crippen molar-refractivity contribution in [2.24, 2.45) is 4.99 Å². The Morgan fingerprint density at radius 1 is 1.07 bits per heavy atom. The number of hydrogen-bond acceptors (Lipinski definition) is 7. The van der Waals surface area contributed by atoms with E-state index in [0.717, 1.165) is 17.6 Å². The summed E-state index contributed by atoms with van der Waals surface area (Å²) in [6.07, 6.45) is 1.10. The minimum atomic E-state index is -3.42. The molecule has 156 valence electrons. The summed E-state index contributed by atoms with van der Waals surface area (Å²) >= 11 is 1.09. The molecule has 10 heteroatoms. The predicted molar refractivity (Wildman–Crippen MR) is 111 cm³/mol. The summed E-state index contributed by atoms with van der Waals surface area (Å²) in [7, 11) is -2.17. The van der Waals surface area contributed by atoms with Crippen molar-refractivity contribution < 1.29 is 27.5 Å². The van der Waals surface area contributed by atoms with E-state index in [2.05, 4.69) is 4.99 Å². The molecule has 1 aromatic heterocycles. The van der Waals surface area contributed by atoms with Crippen LogP contribution in [0.3, 0.4) is 0 Å². The molecule has 1 amide bonds. The van der Waals surface area contributed by atoms with Crippen LogP contribution < -0.4 is 4.80 Å². The van der Waals surface area contributed by atoms with Crippen molar-refractivity contribution in [1.29, 1.82) is 0 Å². The first-order valence-electron chi connectivity index (χ1n) is 8.70. The standard InChI is InChI=1S/C20H18N2O6S2/c1-12(23)13-4-6-14(7-5-13)19(25)21-20-22(11-18(24)28-2)16-9-8-15(30(3,26)27)10-17(16)29-20/h4-10H,11H2,1-3H3. The zero-order valence-corrected chi connectivity index (χ0v) is 18.0. The van der Waals surface area contributed by atoms with Gasteiger partial charge in [-0.3, -0.25) is 14.4 Å². The van der Waals surface area contributed by atoms with E-state index in [1.165, 1.54) is 55.0 Å². The van der Waals surface area contributed by atoms with E-state index in [-0.39, 0.29) is 27.6 Å². The molecule has 0 aliphatic rings. The molecule has 2 aromatic carbocycles. The number of amides is 1. The average Bonchev–Trinajstić information content (AvgIpc) is 3.03. The summed E-state index contributed by atoms with van der Waals surface area (Å²) in [6.45, 7) is 1.24. The molecule has 1 heterocycles. The molecular weight excluding hydrogens is 428 g/mol. The van der Waals surface area contributed by atoms with Gasteiger partial charge in [-0.05, 0) is 37.3 Å². The molecule has 0 N–H and O–H groups in total. The maximum atomic E-state index is 12.6. The highest BCUT2D eigenvalue weighted by molar-refractivity contribution is 7.90. The lowest BCUT2D eigenvalue weighted by molar-refractivity contribution is -0.141. The first-order valence-corrected chi connectivity index (χ1v) is 11.4. The summed E-state index contributed by atoms with van der Waals surface area (Å²) in [5.74, 6) is -1.21. The maximum Gasteiger partial charge on any atom is 0.325 e. The largest absolute Gasteiger partial charge is 0.468 e. The number of aromatic nitrogens is 1. The number of ketones is 1. The first-order chi connectivity index (χ1) is 14.1. The molecule has 0 bridgehead atoms. The number of carbonyl (C=O) groups is 3. The fourth-order valence-electron chi connectivity index (χ4n) is 2.71. The number of esters is 1. The fraction of sp³-hybridized carbons (Fsp3) is 0.200. The van der Waals surface area contributed by atoms with Gasteiger partial charge in [0, 0.05) is 17.4 Å². The van der Waals surface area contributed by atoms with Crippen molar-refractivity contribution >= 4 is 49.1 Å². The number of ether oxygens (including phenoxy) is 1. The SMILES string of the molecule is COC(=O)Cn1c(=NC(=O)c2ccc(C(C)=O)cc2)sc2cc(S(C)(=O)=O)ccc21. The molecule has 3 rings (SSSR count). The van der Waals surface area contributed by atoms with Crippen molar-refractivity contribution in [3.8, 4) is 0 Å². The van der Waals surface area contributed by atoms with Gasteiger partial charge in [-0.15, -0.1) is 0 Å². The summed E-state index contributed by atoms with van der Waals surface area (Å²) in [4.78, 5) is 40.4. The van der Waals surface area contributed by atoms with Crippen LogP contribution >= 0.6 is 11.3 Å². The summed E-state index contributed by atoms with van der Waals surface area (Å²) in [6, 6.07) is 10.6. The Kier molecular flexibility index (Phi) is 5.99. The quantitative estimate of drug-likeness (QED) is 0.439.